The Morgan fingerprint density at radius 3 is 2.68 bits per heavy atom. The number of fused-ring (bicyclic) bond motifs is 3. The molecule has 2 aromatic carbocycles. The first-order chi connectivity index (χ1) is 16.4. The van der Waals surface area contributed by atoms with Crippen LogP contribution in [0.15, 0.2) is 36.4 Å². The number of carbonyl (C=O) groups is 3. The van der Waals surface area contributed by atoms with Gasteiger partial charge in [0.1, 0.15) is 18.5 Å². The predicted molar refractivity (Wildman–Crippen MR) is 118 cm³/mol. The van der Waals surface area contributed by atoms with E-state index >= 15 is 0 Å². The van der Waals surface area contributed by atoms with E-state index in [0.29, 0.717) is 46.9 Å². The number of anilines is 1. The second kappa shape index (κ2) is 8.86. The summed E-state index contributed by atoms with van der Waals surface area (Å²) in [6, 6.07) is 9.56. The number of aliphatic carboxylic acids is 1. The number of hydrogen-bond acceptors (Lipinski definition) is 7. The minimum Gasteiger partial charge on any atom is -0.490 e. The van der Waals surface area contributed by atoms with Crippen molar-refractivity contribution < 1.29 is 38.4 Å². The summed E-state index contributed by atoms with van der Waals surface area (Å²) in [6.07, 6.45) is 0.251. The van der Waals surface area contributed by atoms with Crippen molar-refractivity contribution in [2.24, 2.45) is 0 Å². The largest absolute Gasteiger partial charge is 0.490 e. The smallest absolute Gasteiger partial charge is 0.305 e. The van der Waals surface area contributed by atoms with Gasteiger partial charge in [0.05, 0.1) is 24.1 Å². The maximum Gasteiger partial charge on any atom is 0.305 e. The number of amides is 2. The van der Waals surface area contributed by atoms with Gasteiger partial charge in [0.2, 0.25) is 6.79 Å². The maximum absolute atomic E-state index is 13.3. The van der Waals surface area contributed by atoms with Crippen molar-refractivity contribution in [1.82, 2.24) is 4.90 Å². The summed E-state index contributed by atoms with van der Waals surface area (Å²) in [4.78, 5) is 38.7. The lowest BCUT2D eigenvalue weighted by Gasteiger charge is -2.42. The Labute approximate surface area is 195 Å². The van der Waals surface area contributed by atoms with E-state index in [1.165, 1.54) is 0 Å². The average Bonchev–Trinajstić information content (AvgIpc) is 3.29. The number of nitrogens with zero attached hydrogens (tertiary/aromatic N) is 1. The van der Waals surface area contributed by atoms with Crippen LogP contribution in [0, 0.1) is 0 Å². The Morgan fingerprint density at radius 1 is 1.06 bits per heavy atom. The number of carboxylic acids is 1. The third-order valence-electron chi connectivity index (χ3n) is 6.31. The molecule has 3 aliphatic rings. The molecular weight excluding hydrogens is 444 g/mol. The van der Waals surface area contributed by atoms with Crippen molar-refractivity contribution in [3.05, 3.63) is 47.5 Å². The Bertz CT molecular complexity index is 1150. The summed E-state index contributed by atoms with van der Waals surface area (Å²) in [7, 11) is 1.70. The van der Waals surface area contributed by atoms with Gasteiger partial charge >= 0.3 is 5.97 Å². The van der Waals surface area contributed by atoms with Gasteiger partial charge in [-0.1, -0.05) is 0 Å². The van der Waals surface area contributed by atoms with Gasteiger partial charge in [-0.2, -0.15) is 0 Å². The number of hydrogen-bond donors (Lipinski definition) is 2. The first-order valence-corrected chi connectivity index (χ1v) is 11.0. The molecule has 0 saturated carbocycles. The van der Waals surface area contributed by atoms with Crippen LogP contribution in [0.2, 0.25) is 0 Å². The minimum absolute atomic E-state index is 0.0795. The van der Waals surface area contributed by atoms with E-state index < -0.39 is 18.2 Å². The van der Waals surface area contributed by atoms with Crippen LogP contribution in [0.1, 0.15) is 40.0 Å². The van der Waals surface area contributed by atoms with Gasteiger partial charge in [0, 0.05) is 18.3 Å². The number of likely N-dealkylation sites (N-methyl/N-ethyl adjacent to an activating group) is 1. The maximum atomic E-state index is 13.3. The van der Waals surface area contributed by atoms with Gasteiger partial charge in [-0.15, -0.1) is 0 Å². The van der Waals surface area contributed by atoms with Crippen LogP contribution in [-0.2, 0) is 9.53 Å². The van der Waals surface area contributed by atoms with Crippen LogP contribution in [0.25, 0.3) is 0 Å². The third-order valence-corrected chi connectivity index (χ3v) is 6.31. The number of rotatable bonds is 4. The lowest BCUT2D eigenvalue weighted by Crippen LogP contribution is -2.53. The molecule has 1 fully saturated rings. The Hall–Kier alpha value is -3.79. The summed E-state index contributed by atoms with van der Waals surface area (Å²) in [6.45, 7) is 0.308. The molecule has 0 radical (unpaired) electrons. The van der Waals surface area contributed by atoms with Crippen LogP contribution < -0.4 is 19.5 Å². The SMILES string of the molecule is CN1C(=O)c2cc(NC(=O)c3ccc4c(c3)OCO4)ccc2OC[C@H]2O[C@H](CC(=O)O)CC[C@H]21. The first kappa shape index (κ1) is 22.0. The summed E-state index contributed by atoms with van der Waals surface area (Å²) < 4.78 is 22.5. The Morgan fingerprint density at radius 2 is 1.85 bits per heavy atom. The molecule has 3 heterocycles. The van der Waals surface area contributed by atoms with Crippen molar-refractivity contribution in [1.29, 1.82) is 0 Å². The van der Waals surface area contributed by atoms with E-state index in [4.69, 9.17) is 24.1 Å². The molecule has 178 valence electrons. The molecule has 3 atom stereocenters. The van der Waals surface area contributed by atoms with E-state index in [9.17, 15) is 14.4 Å². The Balaban J connectivity index is 1.34. The third kappa shape index (κ3) is 4.24. The monoisotopic (exact) mass is 468 g/mol. The van der Waals surface area contributed by atoms with Crippen LogP contribution in [0.3, 0.4) is 0 Å². The zero-order valence-corrected chi connectivity index (χ0v) is 18.5. The van der Waals surface area contributed by atoms with E-state index in [1.54, 1.807) is 48.3 Å². The summed E-state index contributed by atoms with van der Waals surface area (Å²) in [5.74, 6) is -0.0607. The molecular formula is C24H24N2O8. The fraction of sp³-hybridized carbons (Fsp3) is 0.375. The summed E-state index contributed by atoms with van der Waals surface area (Å²) >= 11 is 0. The van der Waals surface area contributed by atoms with Gasteiger partial charge in [-0.05, 0) is 49.2 Å². The number of ether oxygens (including phenoxy) is 4. The highest BCUT2D eigenvalue weighted by Crippen LogP contribution is 2.34. The molecule has 10 heteroatoms. The molecule has 0 aliphatic carbocycles. The van der Waals surface area contributed by atoms with Gasteiger partial charge in [-0.3, -0.25) is 14.4 Å². The van der Waals surface area contributed by atoms with Gasteiger partial charge in [0.15, 0.2) is 11.5 Å². The van der Waals surface area contributed by atoms with E-state index in [2.05, 4.69) is 5.32 Å². The van der Waals surface area contributed by atoms with Crippen molar-refractivity contribution >= 4 is 23.5 Å². The number of carboxylic acid groups (broad SMARTS) is 1. The molecule has 2 N–H and O–H groups in total. The molecule has 0 unspecified atom stereocenters. The number of nitrogens with one attached hydrogen (secondary N) is 1. The van der Waals surface area contributed by atoms with Gasteiger partial charge < -0.3 is 34.3 Å². The normalized spacial score (nSPS) is 23.1. The molecule has 34 heavy (non-hydrogen) atoms. The first-order valence-electron chi connectivity index (χ1n) is 11.0. The van der Waals surface area contributed by atoms with E-state index in [0.717, 1.165) is 0 Å². The highest BCUT2D eigenvalue weighted by Gasteiger charge is 2.39. The van der Waals surface area contributed by atoms with E-state index in [1.807, 2.05) is 0 Å². The predicted octanol–water partition coefficient (Wildman–Crippen LogP) is 2.52. The minimum atomic E-state index is -0.916. The molecule has 1 saturated heterocycles. The average molecular weight is 468 g/mol. The molecule has 10 nitrogen and oxygen atoms in total. The highest BCUT2D eigenvalue weighted by molar-refractivity contribution is 6.06. The van der Waals surface area contributed by atoms with Crippen LogP contribution in [-0.4, -0.2) is 66.5 Å². The fourth-order valence-corrected chi connectivity index (χ4v) is 4.54. The zero-order valence-electron chi connectivity index (χ0n) is 18.5. The summed E-state index contributed by atoms with van der Waals surface area (Å²) in [5.41, 5.74) is 1.18. The lowest BCUT2D eigenvalue weighted by molar-refractivity contribution is -0.148. The quantitative estimate of drug-likeness (QED) is 0.702. The standard InChI is InChI=1S/C24H24N2O8/c1-26-17-5-4-15(10-22(27)28)34-21(17)11-31-18-7-3-14(9-16(18)24(26)30)25-23(29)13-2-6-19-20(8-13)33-12-32-19/h2-3,6-9,15,17,21H,4-5,10-12H2,1H3,(H,25,29)(H,27,28)/t15-,17+,21+/m0/s1. The van der Waals surface area contributed by atoms with Crippen molar-refractivity contribution in [2.75, 3.05) is 25.8 Å². The highest BCUT2D eigenvalue weighted by atomic mass is 16.7. The molecule has 0 aromatic heterocycles. The van der Waals surface area contributed by atoms with Crippen LogP contribution >= 0.6 is 0 Å². The van der Waals surface area contributed by atoms with Gasteiger partial charge in [-0.25, -0.2) is 0 Å². The second-order valence-electron chi connectivity index (χ2n) is 8.50. The Kier molecular flexibility index (Phi) is 5.74. The van der Waals surface area contributed by atoms with Crippen molar-refractivity contribution in [3.63, 3.8) is 0 Å². The van der Waals surface area contributed by atoms with Crippen molar-refractivity contribution in [2.45, 2.75) is 37.5 Å². The molecule has 5 rings (SSSR count). The number of benzene rings is 2. The van der Waals surface area contributed by atoms with Crippen molar-refractivity contribution in [3.8, 4) is 17.2 Å². The van der Waals surface area contributed by atoms with Gasteiger partial charge in [0.25, 0.3) is 11.8 Å². The molecule has 2 amide bonds. The molecule has 3 aliphatic heterocycles. The molecule has 0 spiro atoms. The molecule has 0 bridgehead atoms. The number of carbonyl (C=O) groups excluding carboxylic acids is 2. The van der Waals surface area contributed by atoms with E-state index in [-0.39, 0.29) is 37.7 Å². The topological polar surface area (TPSA) is 124 Å². The summed E-state index contributed by atoms with van der Waals surface area (Å²) in [5, 5.41) is 11.9. The zero-order chi connectivity index (χ0) is 23.8. The van der Waals surface area contributed by atoms with Crippen LogP contribution in [0.4, 0.5) is 5.69 Å². The fourth-order valence-electron chi connectivity index (χ4n) is 4.54. The van der Waals surface area contributed by atoms with Crippen LogP contribution in [0.5, 0.6) is 17.2 Å². The molecule has 2 aromatic rings. The lowest BCUT2D eigenvalue weighted by atomic mass is 9.94. The second-order valence-corrected chi connectivity index (χ2v) is 8.50.